The lowest BCUT2D eigenvalue weighted by Gasteiger charge is -2.31. The highest BCUT2D eigenvalue weighted by molar-refractivity contribution is 5.90. The summed E-state index contributed by atoms with van der Waals surface area (Å²) in [4.78, 5) is 25.5. The molecule has 0 atom stereocenters. The molecule has 1 fully saturated rings. The van der Waals surface area contributed by atoms with Crippen LogP contribution in [0.2, 0.25) is 0 Å². The monoisotopic (exact) mass is 396 g/mol. The van der Waals surface area contributed by atoms with Crippen LogP contribution in [0.5, 0.6) is 0 Å². The predicted molar refractivity (Wildman–Crippen MR) is 106 cm³/mol. The van der Waals surface area contributed by atoms with Crippen molar-refractivity contribution in [2.24, 2.45) is 5.73 Å². The zero-order valence-electron chi connectivity index (χ0n) is 16.3. The lowest BCUT2D eigenvalue weighted by molar-refractivity contribution is 0.0995. The smallest absolute Gasteiger partial charge is 0.317 e. The molecule has 0 aliphatic carbocycles. The van der Waals surface area contributed by atoms with Crippen molar-refractivity contribution >= 4 is 22.9 Å². The first-order valence-electron chi connectivity index (χ1n) is 9.74. The van der Waals surface area contributed by atoms with Crippen LogP contribution in [0, 0.1) is 6.92 Å². The molecule has 3 N–H and O–H groups in total. The molecule has 0 bridgehead atoms. The summed E-state index contributed by atoms with van der Waals surface area (Å²) in [5.41, 5.74) is 7.39. The minimum Gasteiger partial charge on any atom is -0.461 e. The Morgan fingerprint density at radius 3 is 2.76 bits per heavy atom. The van der Waals surface area contributed by atoms with Gasteiger partial charge in [-0.1, -0.05) is 23.4 Å². The molecule has 4 rings (SSSR count). The van der Waals surface area contributed by atoms with Crippen molar-refractivity contribution in [1.29, 1.82) is 0 Å². The van der Waals surface area contributed by atoms with Crippen molar-refractivity contribution in [3.8, 4) is 0 Å². The highest BCUT2D eigenvalue weighted by Gasteiger charge is 2.25. The van der Waals surface area contributed by atoms with E-state index in [9.17, 15) is 9.59 Å². The summed E-state index contributed by atoms with van der Waals surface area (Å²) in [5, 5.41) is 11.9. The van der Waals surface area contributed by atoms with Gasteiger partial charge in [-0.3, -0.25) is 4.79 Å². The van der Waals surface area contributed by atoms with E-state index in [2.05, 4.69) is 15.6 Å². The Labute approximate surface area is 167 Å². The van der Waals surface area contributed by atoms with Gasteiger partial charge in [-0.15, -0.1) is 5.10 Å². The summed E-state index contributed by atoms with van der Waals surface area (Å²) >= 11 is 0. The van der Waals surface area contributed by atoms with Gasteiger partial charge in [0.25, 0.3) is 5.91 Å². The Morgan fingerprint density at radius 1 is 1.28 bits per heavy atom. The largest absolute Gasteiger partial charge is 0.461 e. The van der Waals surface area contributed by atoms with E-state index in [1.54, 1.807) is 10.9 Å². The van der Waals surface area contributed by atoms with Crippen LogP contribution in [0.15, 0.2) is 34.9 Å². The molecule has 1 aliphatic rings. The third-order valence-corrected chi connectivity index (χ3v) is 5.44. The average molecular weight is 396 g/mol. The molecule has 9 nitrogen and oxygen atoms in total. The van der Waals surface area contributed by atoms with Crippen molar-refractivity contribution < 1.29 is 14.0 Å². The van der Waals surface area contributed by atoms with Gasteiger partial charge < -0.3 is 20.4 Å². The topological polar surface area (TPSA) is 119 Å². The maximum absolute atomic E-state index is 12.5. The van der Waals surface area contributed by atoms with Gasteiger partial charge in [-0.25, -0.2) is 9.48 Å². The third-order valence-electron chi connectivity index (χ3n) is 5.44. The zero-order chi connectivity index (χ0) is 20.4. The lowest BCUT2D eigenvalue weighted by atomic mass is 10.1. The number of hydrogen-bond donors (Lipinski definition) is 2. The van der Waals surface area contributed by atoms with Gasteiger partial charge in [-0.2, -0.15) is 0 Å². The van der Waals surface area contributed by atoms with Gasteiger partial charge in [-0.05, 0) is 32.3 Å². The number of amides is 3. The normalized spacial score (nSPS) is 15.0. The first-order chi connectivity index (χ1) is 14.0. The summed E-state index contributed by atoms with van der Waals surface area (Å²) < 4.78 is 7.45. The van der Waals surface area contributed by atoms with Crippen LogP contribution >= 0.6 is 0 Å². The van der Waals surface area contributed by atoms with Gasteiger partial charge >= 0.3 is 6.03 Å². The Hall–Kier alpha value is -3.36. The number of nitrogens with two attached hydrogens (primary N) is 1. The molecule has 0 spiro atoms. The summed E-state index contributed by atoms with van der Waals surface area (Å²) in [5.74, 6) is 0.304. The molecule has 3 amide bonds. The quantitative estimate of drug-likeness (QED) is 0.684. The first kappa shape index (κ1) is 19.0. The molecule has 3 aromatic rings. The Bertz CT molecular complexity index is 1030. The molecule has 0 saturated carbocycles. The van der Waals surface area contributed by atoms with Gasteiger partial charge in [0.2, 0.25) is 0 Å². The number of piperidine rings is 1. The van der Waals surface area contributed by atoms with E-state index in [1.165, 1.54) is 0 Å². The SMILES string of the molecule is Cc1oc2ccccc2c1CCNC(=O)N1CCC(n2cc(C(N)=O)nn2)CC1. The number of aryl methyl sites for hydroxylation is 1. The highest BCUT2D eigenvalue weighted by Crippen LogP contribution is 2.25. The number of rotatable bonds is 5. The van der Waals surface area contributed by atoms with E-state index in [0.717, 1.165) is 41.6 Å². The minimum absolute atomic E-state index is 0.0645. The number of nitrogens with zero attached hydrogens (tertiary/aromatic N) is 4. The number of fused-ring (bicyclic) bond motifs is 1. The van der Waals surface area contributed by atoms with E-state index in [1.807, 2.05) is 36.1 Å². The van der Waals surface area contributed by atoms with Crippen LogP contribution in [0.4, 0.5) is 4.79 Å². The summed E-state index contributed by atoms with van der Waals surface area (Å²) in [6.45, 7) is 3.75. The predicted octanol–water partition coefficient (Wildman–Crippen LogP) is 2.02. The highest BCUT2D eigenvalue weighted by atomic mass is 16.3. The van der Waals surface area contributed by atoms with Gasteiger partial charge in [0.15, 0.2) is 5.69 Å². The lowest BCUT2D eigenvalue weighted by Crippen LogP contribution is -2.45. The van der Waals surface area contributed by atoms with Crippen LogP contribution in [-0.4, -0.2) is 51.5 Å². The molecule has 152 valence electrons. The standard InChI is InChI=1S/C20H24N6O3/c1-13-15(16-4-2-3-5-18(16)29-13)6-9-22-20(28)25-10-7-14(8-11-25)26-12-17(19(21)27)23-24-26/h2-5,12,14H,6-11H2,1H3,(H2,21,27)(H,22,28). The van der Waals surface area contributed by atoms with Crippen molar-refractivity contribution in [1.82, 2.24) is 25.2 Å². The van der Waals surface area contributed by atoms with Crippen molar-refractivity contribution in [3.05, 3.63) is 47.5 Å². The van der Waals surface area contributed by atoms with Gasteiger partial charge in [0.1, 0.15) is 11.3 Å². The maximum Gasteiger partial charge on any atom is 0.317 e. The summed E-state index contributed by atoms with van der Waals surface area (Å²) in [7, 11) is 0. The fourth-order valence-electron chi connectivity index (χ4n) is 3.84. The van der Waals surface area contributed by atoms with Crippen molar-refractivity contribution in [2.75, 3.05) is 19.6 Å². The second-order valence-corrected chi connectivity index (χ2v) is 7.28. The van der Waals surface area contributed by atoms with Crippen LogP contribution in [0.3, 0.4) is 0 Å². The van der Waals surface area contributed by atoms with Crippen LogP contribution in [-0.2, 0) is 6.42 Å². The number of primary amides is 1. The van der Waals surface area contributed by atoms with Crippen LogP contribution in [0.25, 0.3) is 11.0 Å². The number of likely N-dealkylation sites (tertiary alicyclic amines) is 1. The molecule has 0 radical (unpaired) electrons. The van der Waals surface area contributed by atoms with Crippen molar-refractivity contribution in [3.63, 3.8) is 0 Å². The number of para-hydroxylation sites is 1. The first-order valence-corrected chi connectivity index (χ1v) is 9.74. The Kier molecular flexibility index (Phi) is 5.20. The third kappa shape index (κ3) is 3.94. The number of carbonyl (C=O) groups is 2. The van der Waals surface area contributed by atoms with E-state index < -0.39 is 5.91 Å². The molecule has 29 heavy (non-hydrogen) atoms. The number of furan rings is 1. The Morgan fingerprint density at radius 2 is 2.03 bits per heavy atom. The number of urea groups is 1. The maximum atomic E-state index is 12.5. The van der Waals surface area contributed by atoms with Crippen LogP contribution < -0.4 is 11.1 Å². The van der Waals surface area contributed by atoms with Gasteiger partial charge in [0.05, 0.1) is 12.2 Å². The number of aromatic nitrogens is 3. The van der Waals surface area contributed by atoms with E-state index in [4.69, 9.17) is 10.2 Å². The average Bonchev–Trinajstić information content (AvgIpc) is 3.33. The fourth-order valence-corrected chi connectivity index (χ4v) is 3.84. The molecule has 0 unspecified atom stereocenters. The van der Waals surface area contributed by atoms with Crippen LogP contribution in [0.1, 0.15) is 40.7 Å². The number of carbonyl (C=O) groups excluding carboxylic acids is 2. The molecule has 1 saturated heterocycles. The fraction of sp³-hybridized carbons (Fsp3) is 0.400. The molecule has 1 aliphatic heterocycles. The molecular formula is C20H24N6O3. The summed E-state index contributed by atoms with van der Waals surface area (Å²) in [6.07, 6.45) is 3.79. The number of hydrogen-bond acceptors (Lipinski definition) is 5. The molecule has 1 aromatic carbocycles. The Balaban J connectivity index is 1.27. The second kappa shape index (κ2) is 7.94. The van der Waals surface area contributed by atoms with Crippen molar-refractivity contribution in [2.45, 2.75) is 32.2 Å². The summed E-state index contributed by atoms with van der Waals surface area (Å²) in [6, 6.07) is 7.99. The zero-order valence-corrected chi connectivity index (χ0v) is 16.3. The minimum atomic E-state index is -0.589. The van der Waals surface area contributed by atoms with E-state index in [0.29, 0.717) is 19.6 Å². The second-order valence-electron chi connectivity index (χ2n) is 7.28. The molecular weight excluding hydrogens is 372 g/mol. The number of benzene rings is 1. The molecule has 2 aromatic heterocycles. The molecule has 3 heterocycles. The molecule has 9 heteroatoms. The van der Waals surface area contributed by atoms with E-state index >= 15 is 0 Å². The van der Waals surface area contributed by atoms with Gasteiger partial charge in [0, 0.05) is 30.6 Å². The number of nitrogens with one attached hydrogen (secondary N) is 1. The van der Waals surface area contributed by atoms with E-state index in [-0.39, 0.29) is 17.8 Å².